The van der Waals surface area contributed by atoms with E-state index in [2.05, 4.69) is 22.3 Å². The number of nitrogens with zero attached hydrogens (tertiary/aromatic N) is 4. The van der Waals surface area contributed by atoms with Gasteiger partial charge in [-0.25, -0.2) is 4.98 Å². The Morgan fingerprint density at radius 1 is 1.38 bits per heavy atom. The molecule has 3 rings (SSSR count). The summed E-state index contributed by atoms with van der Waals surface area (Å²) in [5.74, 6) is 1.94. The maximum absolute atomic E-state index is 12.2. The van der Waals surface area contributed by atoms with Crippen LogP contribution >= 0.6 is 11.5 Å². The van der Waals surface area contributed by atoms with E-state index in [1.165, 1.54) is 11.5 Å². The van der Waals surface area contributed by atoms with E-state index in [4.69, 9.17) is 9.72 Å². The number of carbonyl (C=O) groups is 1. The topological polar surface area (TPSA) is 58.6 Å². The number of benzene rings is 1. The fraction of sp³-hybridized carbons (Fsp3) is 0.526. The lowest BCUT2D eigenvalue weighted by Crippen LogP contribution is -2.54. The van der Waals surface area contributed by atoms with E-state index in [1.807, 2.05) is 30.0 Å². The molecular weight excluding hydrogens is 348 g/mol. The van der Waals surface area contributed by atoms with Crippen LogP contribution in [0.15, 0.2) is 24.3 Å². The molecule has 1 saturated heterocycles. The lowest BCUT2D eigenvalue weighted by Gasteiger charge is -2.39. The van der Waals surface area contributed by atoms with Gasteiger partial charge < -0.3 is 14.5 Å². The minimum Gasteiger partial charge on any atom is -0.497 e. The standard InChI is InChI=1S/C19H26N4O2S/c1-4-6-18(24)23-10-9-22(13-14(23)2)19-20-17(21-26-19)12-15-7-5-8-16(11-15)25-3/h5,7-8,11,14H,4,6,9-10,12-13H2,1-3H3/t14-/m1/s1. The van der Waals surface area contributed by atoms with Crippen molar-refractivity contribution < 1.29 is 9.53 Å². The molecule has 2 aromatic rings. The van der Waals surface area contributed by atoms with Gasteiger partial charge >= 0.3 is 0 Å². The Bertz CT molecular complexity index is 749. The molecule has 1 aromatic carbocycles. The molecule has 1 aromatic heterocycles. The van der Waals surface area contributed by atoms with Gasteiger partial charge in [0, 0.05) is 50.1 Å². The van der Waals surface area contributed by atoms with Crippen molar-refractivity contribution in [2.45, 2.75) is 39.2 Å². The molecule has 1 aliphatic rings. The first kappa shape index (κ1) is 18.6. The highest BCUT2D eigenvalue weighted by Crippen LogP contribution is 2.23. The van der Waals surface area contributed by atoms with E-state index >= 15 is 0 Å². The molecular formula is C19H26N4O2S. The summed E-state index contributed by atoms with van der Waals surface area (Å²) in [7, 11) is 1.67. The molecule has 0 aliphatic carbocycles. The van der Waals surface area contributed by atoms with Crippen LogP contribution in [-0.4, -0.2) is 53.0 Å². The van der Waals surface area contributed by atoms with Crippen LogP contribution in [0.3, 0.4) is 0 Å². The first-order valence-corrected chi connectivity index (χ1v) is 9.88. The highest BCUT2D eigenvalue weighted by atomic mass is 32.1. The third-order valence-corrected chi connectivity index (χ3v) is 5.45. The Labute approximate surface area is 159 Å². The third-order valence-electron chi connectivity index (χ3n) is 4.64. The van der Waals surface area contributed by atoms with Gasteiger partial charge in [0.2, 0.25) is 11.0 Å². The minimum absolute atomic E-state index is 0.202. The molecule has 0 N–H and O–H groups in total. The summed E-state index contributed by atoms with van der Waals surface area (Å²) in [6, 6.07) is 8.19. The lowest BCUT2D eigenvalue weighted by molar-refractivity contribution is -0.133. The molecule has 7 heteroatoms. The van der Waals surface area contributed by atoms with Crippen molar-refractivity contribution in [2.75, 3.05) is 31.6 Å². The summed E-state index contributed by atoms with van der Waals surface area (Å²) in [6.45, 7) is 6.53. The average molecular weight is 375 g/mol. The van der Waals surface area contributed by atoms with E-state index in [-0.39, 0.29) is 11.9 Å². The van der Waals surface area contributed by atoms with E-state index in [9.17, 15) is 4.79 Å². The van der Waals surface area contributed by atoms with Crippen molar-refractivity contribution in [3.05, 3.63) is 35.7 Å². The van der Waals surface area contributed by atoms with Gasteiger partial charge in [-0.3, -0.25) is 4.79 Å². The third kappa shape index (κ3) is 4.33. The Balaban J connectivity index is 1.62. The molecule has 2 heterocycles. The van der Waals surface area contributed by atoms with Crippen molar-refractivity contribution in [2.24, 2.45) is 0 Å². The number of hydrogen-bond donors (Lipinski definition) is 0. The molecule has 0 radical (unpaired) electrons. The minimum atomic E-state index is 0.202. The van der Waals surface area contributed by atoms with Gasteiger partial charge in [-0.15, -0.1) is 0 Å². The average Bonchev–Trinajstić information content (AvgIpc) is 3.10. The lowest BCUT2D eigenvalue weighted by atomic mass is 10.1. The molecule has 0 saturated carbocycles. The van der Waals surface area contributed by atoms with Gasteiger partial charge in [0.25, 0.3) is 0 Å². The summed E-state index contributed by atoms with van der Waals surface area (Å²) in [5, 5.41) is 0.942. The number of hydrogen-bond acceptors (Lipinski definition) is 6. The quantitative estimate of drug-likeness (QED) is 0.778. The number of rotatable bonds is 6. The zero-order valence-electron chi connectivity index (χ0n) is 15.6. The fourth-order valence-electron chi connectivity index (χ4n) is 3.27. The van der Waals surface area contributed by atoms with E-state index in [0.717, 1.165) is 48.3 Å². The number of anilines is 1. The Morgan fingerprint density at radius 3 is 2.96 bits per heavy atom. The van der Waals surface area contributed by atoms with Crippen molar-refractivity contribution >= 4 is 22.6 Å². The molecule has 26 heavy (non-hydrogen) atoms. The Morgan fingerprint density at radius 2 is 2.23 bits per heavy atom. The summed E-state index contributed by atoms with van der Waals surface area (Å²) in [6.07, 6.45) is 2.22. The van der Waals surface area contributed by atoms with Crippen LogP contribution in [0.1, 0.15) is 38.1 Å². The second-order valence-corrected chi connectivity index (χ2v) is 7.38. The second-order valence-electron chi connectivity index (χ2n) is 6.65. The first-order chi connectivity index (χ1) is 12.6. The first-order valence-electron chi connectivity index (χ1n) is 9.10. The molecule has 1 atom stereocenters. The van der Waals surface area contributed by atoms with E-state index < -0.39 is 0 Å². The van der Waals surface area contributed by atoms with Crippen LogP contribution in [0.4, 0.5) is 5.13 Å². The number of carbonyl (C=O) groups excluding carboxylic acids is 1. The van der Waals surface area contributed by atoms with Crippen molar-refractivity contribution in [1.82, 2.24) is 14.3 Å². The van der Waals surface area contributed by atoms with Crippen LogP contribution in [0.5, 0.6) is 5.75 Å². The number of aromatic nitrogens is 2. The summed E-state index contributed by atoms with van der Waals surface area (Å²) in [4.78, 5) is 21.1. The van der Waals surface area contributed by atoms with E-state index in [1.54, 1.807) is 7.11 Å². The van der Waals surface area contributed by atoms with Crippen LogP contribution in [0, 0.1) is 0 Å². The molecule has 1 aliphatic heterocycles. The molecule has 1 amide bonds. The molecule has 6 nitrogen and oxygen atoms in total. The largest absolute Gasteiger partial charge is 0.497 e. The van der Waals surface area contributed by atoms with Gasteiger partial charge in [0.15, 0.2) is 0 Å². The Hall–Kier alpha value is -2.15. The van der Waals surface area contributed by atoms with Crippen LogP contribution in [0.2, 0.25) is 0 Å². The monoisotopic (exact) mass is 374 g/mol. The number of ether oxygens (including phenoxy) is 1. The predicted octanol–water partition coefficient (Wildman–Crippen LogP) is 2.97. The van der Waals surface area contributed by atoms with Crippen molar-refractivity contribution in [3.8, 4) is 5.75 Å². The van der Waals surface area contributed by atoms with Gasteiger partial charge in [-0.1, -0.05) is 19.1 Å². The van der Waals surface area contributed by atoms with Crippen LogP contribution in [-0.2, 0) is 11.2 Å². The molecule has 0 unspecified atom stereocenters. The number of amides is 1. The molecule has 0 spiro atoms. The maximum atomic E-state index is 12.2. The SMILES string of the molecule is CCCC(=O)N1CCN(c2nc(Cc3cccc(OC)c3)ns2)C[C@H]1C. The van der Waals surface area contributed by atoms with Crippen molar-refractivity contribution in [1.29, 1.82) is 0 Å². The zero-order valence-corrected chi connectivity index (χ0v) is 16.5. The number of piperazine rings is 1. The number of methoxy groups -OCH3 is 1. The van der Waals surface area contributed by atoms with Gasteiger partial charge in [-0.05, 0) is 31.0 Å². The summed E-state index contributed by atoms with van der Waals surface area (Å²) < 4.78 is 9.79. The summed E-state index contributed by atoms with van der Waals surface area (Å²) in [5.41, 5.74) is 1.14. The normalized spacial score (nSPS) is 17.4. The van der Waals surface area contributed by atoms with Crippen molar-refractivity contribution in [3.63, 3.8) is 0 Å². The molecule has 1 fully saturated rings. The highest BCUT2D eigenvalue weighted by Gasteiger charge is 2.28. The fourth-order valence-corrected chi connectivity index (χ4v) is 3.99. The smallest absolute Gasteiger partial charge is 0.222 e. The highest BCUT2D eigenvalue weighted by molar-refractivity contribution is 7.09. The molecule has 0 bridgehead atoms. The Kier molecular flexibility index (Phi) is 6.08. The zero-order chi connectivity index (χ0) is 18.5. The van der Waals surface area contributed by atoms with Gasteiger partial charge in [-0.2, -0.15) is 4.37 Å². The second kappa shape index (κ2) is 8.49. The van der Waals surface area contributed by atoms with Gasteiger partial charge in [0.1, 0.15) is 11.6 Å². The molecule has 140 valence electrons. The maximum Gasteiger partial charge on any atom is 0.222 e. The van der Waals surface area contributed by atoms with E-state index in [0.29, 0.717) is 12.8 Å². The van der Waals surface area contributed by atoms with Gasteiger partial charge in [0.05, 0.1) is 7.11 Å². The van der Waals surface area contributed by atoms with Crippen LogP contribution < -0.4 is 9.64 Å². The predicted molar refractivity (Wildman–Crippen MR) is 104 cm³/mol. The van der Waals surface area contributed by atoms with Crippen LogP contribution in [0.25, 0.3) is 0 Å². The summed E-state index contributed by atoms with van der Waals surface area (Å²) >= 11 is 1.44.